The van der Waals surface area contributed by atoms with Crippen molar-refractivity contribution in [2.24, 2.45) is 5.11 Å². The van der Waals surface area contributed by atoms with Gasteiger partial charge in [-0.1, -0.05) is 18.0 Å². The maximum absolute atomic E-state index is 9.24. The minimum Gasteiger partial charge on any atom is -0.393 e. The summed E-state index contributed by atoms with van der Waals surface area (Å²) in [7, 11) is 0. The number of aliphatic hydroxyl groups is 1. The summed E-state index contributed by atoms with van der Waals surface area (Å²) in [4.78, 5) is 2.67. The van der Waals surface area contributed by atoms with Crippen molar-refractivity contribution in [1.82, 2.24) is 0 Å². The maximum Gasteiger partial charge on any atom is 0.0633 e. The Morgan fingerprint density at radius 1 is 1.40 bits per heavy atom. The molecule has 1 saturated carbocycles. The molecular weight excluding hydrogens is 130 g/mol. The van der Waals surface area contributed by atoms with E-state index in [0.717, 1.165) is 25.7 Å². The molecule has 0 aromatic carbocycles. The quantitative estimate of drug-likeness (QED) is 0.336. The number of hydrogen-bond donors (Lipinski definition) is 1. The van der Waals surface area contributed by atoms with E-state index in [1.807, 2.05) is 0 Å². The first-order chi connectivity index (χ1) is 4.84. The second kappa shape index (κ2) is 3.44. The zero-order valence-corrected chi connectivity index (χ0v) is 5.77. The molecule has 0 amide bonds. The van der Waals surface area contributed by atoms with Crippen molar-refractivity contribution in [1.29, 1.82) is 0 Å². The average molecular weight is 141 g/mol. The Hall–Kier alpha value is -0.730. The number of hydrogen-bond acceptors (Lipinski definition) is 2. The van der Waals surface area contributed by atoms with Gasteiger partial charge in [0, 0.05) is 4.91 Å². The van der Waals surface area contributed by atoms with Crippen LogP contribution in [-0.2, 0) is 0 Å². The van der Waals surface area contributed by atoms with Gasteiger partial charge in [-0.2, -0.15) is 0 Å². The molecule has 1 unspecified atom stereocenters. The van der Waals surface area contributed by atoms with E-state index in [1.165, 1.54) is 0 Å². The molecule has 1 aliphatic rings. The number of azide groups is 1. The van der Waals surface area contributed by atoms with Crippen LogP contribution in [0.15, 0.2) is 5.11 Å². The molecule has 1 aliphatic carbocycles. The zero-order chi connectivity index (χ0) is 7.40. The molecule has 0 radical (unpaired) electrons. The second-order valence-electron chi connectivity index (χ2n) is 2.62. The largest absolute Gasteiger partial charge is 0.393 e. The molecule has 0 saturated heterocycles. The van der Waals surface area contributed by atoms with Gasteiger partial charge in [-0.25, -0.2) is 0 Å². The lowest BCUT2D eigenvalue weighted by Gasteiger charge is -2.22. The maximum atomic E-state index is 9.24. The van der Waals surface area contributed by atoms with Crippen LogP contribution in [0, 0.1) is 0 Å². The lowest BCUT2D eigenvalue weighted by atomic mass is 9.93. The van der Waals surface area contributed by atoms with Gasteiger partial charge in [-0.15, -0.1) is 0 Å². The standard InChI is InChI=1S/C6H11N3O/c7-9-8-5-3-1-2-4-6(5)10/h5-6,10H,1-4H2/t5-,6?/m1/s1. The molecule has 1 rings (SSSR count). The number of nitrogens with zero attached hydrogens (tertiary/aromatic N) is 3. The predicted octanol–water partition coefficient (Wildman–Crippen LogP) is 1.60. The molecule has 2 atom stereocenters. The number of rotatable bonds is 1. The van der Waals surface area contributed by atoms with Gasteiger partial charge in [0.2, 0.25) is 0 Å². The van der Waals surface area contributed by atoms with Crippen molar-refractivity contribution in [2.45, 2.75) is 37.8 Å². The Kier molecular flexibility index (Phi) is 2.54. The van der Waals surface area contributed by atoms with Gasteiger partial charge < -0.3 is 5.11 Å². The first-order valence-electron chi connectivity index (χ1n) is 3.57. The van der Waals surface area contributed by atoms with Gasteiger partial charge in [-0.3, -0.25) is 0 Å². The van der Waals surface area contributed by atoms with Crippen LogP contribution in [0.4, 0.5) is 0 Å². The highest BCUT2D eigenvalue weighted by Gasteiger charge is 2.20. The van der Waals surface area contributed by atoms with Crippen LogP contribution in [0.5, 0.6) is 0 Å². The van der Waals surface area contributed by atoms with Crippen molar-refractivity contribution >= 4 is 0 Å². The minimum atomic E-state index is -0.398. The summed E-state index contributed by atoms with van der Waals surface area (Å²) in [5.41, 5.74) is 8.08. The van der Waals surface area contributed by atoms with E-state index < -0.39 is 6.10 Å². The second-order valence-corrected chi connectivity index (χ2v) is 2.62. The van der Waals surface area contributed by atoms with E-state index in [1.54, 1.807) is 0 Å². The van der Waals surface area contributed by atoms with Gasteiger partial charge in [0.15, 0.2) is 0 Å². The Bertz CT molecular complexity index is 153. The van der Waals surface area contributed by atoms with Crippen LogP contribution in [0.2, 0.25) is 0 Å². The van der Waals surface area contributed by atoms with Crippen LogP contribution in [0.3, 0.4) is 0 Å². The third-order valence-electron chi connectivity index (χ3n) is 1.89. The SMILES string of the molecule is [N-]=[N+]=N[C@@H]1CCCCC1O. The molecular formula is C6H11N3O. The lowest BCUT2D eigenvalue weighted by molar-refractivity contribution is 0.108. The third kappa shape index (κ3) is 1.62. The van der Waals surface area contributed by atoms with Gasteiger partial charge in [-0.05, 0) is 18.4 Å². The zero-order valence-electron chi connectivity index (χ0n) is 5.77. The van der Waals surface area contributed by atoms with E-state index in [0.29, 0.717) is 0 Å². The average Bonchev–Trinajstić information content (AvgIpc) is 1.94. The molecule has 0 spiro atoms. The van der Waals surface area contributed by atoms with E-state index >= 15 is 0 Å². The van der Waals surface area contributed by atoms with E-state index in [9.17, 15) is 5.11 Å². The fourth-order valence-electron chi connectivity index (χ4n) is 1.29. The fourth-order valence-corrected chi connectivity index (χ4v) is 1.29. The van der Waals surface area contributed by atoms with Gasteiger partial charge in [0.1, 0.15) is 0 Å². The summed E-state index contributed by atoms with van der Waals surface area (Å²) in [5.74, 6) is 0. The van der Waals surface area contributed by atoms with Crippen molar-refractivity contribution in [3.05, 3.63) is 10.4 Å². The lowest BCUT2D eigenvalue weighted by Crippen LogP contribution is -2.27. The van der Waals surface area contributed by atoms with E-state index in [4.69, 9.17) is 5.53 Å². The molecule has 1 N–H and O–H groups in total. The molecule has 0 heterocycles. The molecule has 10 heavy (non-hydrogen) atoms. The third-order valence-corrected chi connectivity index (χ3v) is 1.89. The van der Waals surface area contributed by atoms with Crippen LogP contribution >= 0.6 is 0 Å². The summed E-state index contributed by atoms with van der Waals surface area (Å²) >= 11 is 0. The molecule has 56 valence electrons. The Morgan fingerprint density at radius 3 is 2.70 bits per heavy atom. The smallest absolute Gasteiger partial charge is 0.0633 e. The van der Waals surface area contributed by atoms with Gasteiger partial charge >= 0.3 is 0 Å². The fraction of sp³-hybridized carbons (Fsp3) is 1.00. The van der Waals surface area contributed by atoms with Crippen molar-refractivity contribution < 1.29 is 5.11 Å². The topological polar surface area (TPSA) is 69.0 Å². The van der Waals surface area contributed by atoms with E-state index in [2.05, 4.69) is 10.0 Å². The highest BCUT2D eigenvalue weighted by atomic mass is 16.3. The van der Waals surface area contributed by atoms with Gasteiger partial charge in [0.05, 0.1) is 12.1 Å². The predicted molar refractivity (Wildman–Crippen MR) is 37.4 cm³/mol. The molecule has 0 aromatic heterocycles. The monoisotopic (exact) mass is 141 g/mol. The summed E-state index contributed by atoms with van der Waals surface area (Å²) in [6.45, 7) is 0. The van der Waals surface area contributed by atoms with Crippen LogP contribution in [-0.4, -0.2) is 17.3 Å². The molecule has 4 heteroatoms. The van der Waals surface area contributed by atoms with Gasteiger partial charge in [0.25, 0.3) is 0 Å². The van der Waals surface area contributed by atoms with Crippen LogP contribution < -0.4 is 0 Å². The first kappa shape index (κ1) is 7.38. The molecule has 0 aromatic rings. The Labute approximate surface area is 59.5 Å². The summed E-state index contributed by atoms with van der Waals surface area (Å²) in [5, 5.41) is 12.7. The highest BCUT2D eigenvalue weighted by molar-refractivity contribution is 4.80. The van der Waals surface area contributed by atoms with E-state index in [-0.39, 0.29) is 6.04 Å². The van der Waals surface area contributed by atoms with Crippen molar-refractivity contribution in [3.63, 3.8) is 0 Å². The van der Waals surface area contributed by atoms with Crippen LogP contribution in [0.25, 0.3) is 10.4 Å². The minimum absolute atomic E-state index is 0.168. The first-order valence-corrected chi connectivity index (χ1v) is 3.57. The van der Waals surface area contributed by atoms with Crippen LogP contribution in [0.1, 0.15) is 25.7 Å². The van der Waals surface area contributed by atoms with Crippen molar-refractivity contribution in [2.75, 3.05) is 0 Å². The summed E-state index contributed by atoms with van der Waals surface area (Å²) < 4.78 is 0. The molecule has 4 nitrogen and oxygen atoms in total. The molecule has 0 bridgehead atoms. The summed E-state index contributed by atoms with van der Waals surface area (Å²) in [6.07, 6.45) is 3.35. The summed E-state index contributed by atoms with van der Waals surface area (Å²) in [6, 6.07) is -0.168. The Balaban J connectivity index is 2.47. The Morgan fingerprint density at radius 2 is 2.10 bits per heavy atom. The molecule has 1 fully saturated rings. The number of aliphatic hydroxyl groups excluding tert-OH is 1. The highest BCUT2D eigenvalue weighted by Crippen LogP contribution is 2.20. The molecule has 0 aliphatic heterocycles. The van der Waals surface area contributed by atoms with Crippen molar-refractivity contribution in [3.8, 4) is 0 Å². The normalized spacial score (nSPS) is 32.9.